The van der Waals surface area contributed by atoms with Crippen molar-refractivity contribution in [2.45, 2.75) is 24.3 Å². The number of hydrogen-bond acceptors (Lipinski definition) is 3. The molecule has 1 aromatic rings. The number of rotatable bonds is 2. The number of nitrogens with zero attached hydrogens (tertiary/aromatic N) is 1. The molecule has 0 bridgehead atoms. The normalized spacial score (nSPS) is 25.5. The maximum atomic E-state index is 12.5. The zero-order valence-electron chi connectivity index (χ0n) is 10.4. The first-order valence-corrected chi connectivity index (χ1v) is 8.56. The van der Waals surface area contributed by atoms with E-state index >= 15 is 0 Å². The van der Waals surface area contributed by atoms with Gasteiger partial charge in [0.05, 0.1) is 16.0 Å². The highest BCUT2D eigenvalue weighted by Gasteiger charge is 2.32. The van der Waals surface area contributed by atoms with Gasteiger partial charge in [0.15, 0.2) is 0 Å². The molecule has 106 valence electrons. The summed E-state index contributed by atoms with van der Waals surface area (Å²) in [5, 5.41) is 10.1. The Morgan fingerprint density at radius 2 is 2.16 bits per heavy atom. The van der Waals surface area contributed by atoms with E-state index in [4.69, 9.17) is 11.6 Å². The van der Waals surface area contributed by atoms with Gasteiger partial charge in [-0.15, -0.1) is 0 Å². The van der Waals surface area contributed by atoms with Crippen LogP contribution in [0.5, 0.6) is 0 Å². The van der Waals surface area contributed by atoms with Crippen molar-refractivity contribution in [2.24, 2.45) is 5.92 Å². The fourth-order valence-corrected chi connectivity index (χ4v) is 4.33. The Hall–Kier alpha value is -0.140. The summed E-state index contributed by atoms with van der Waals surface area (Å²) in [5.74, 6) is -0.0562. The van der Waals surface area contributed by atoms with Crippen molar-refractivity contribution in [3.63, 3.8) is 0 Å². The van der Waals surface area contributed by atoms with Gasteiger partial charge in [0, 0.05) is 17.6 Å². The highest BCUT2D eigenvalue weighted by atomic mass is 79.9. The Morgan fingerprint density at radius 3 is 2.74 bits per heavy atom. The van der Waals surface area contributed by atoms with Crippen LogP contribution in [0.25, 0.3) is 0 Å². The van der Waals surface area contributed by atoms with Crippen LogP contribution in [0.3, 0.4) is 0 Å². The fraction of sp³-hybridized carbons (Fsp3) is 0.500. The number of benzene rings is 1. The highest BCUT2D eigenvalue weighted by Crippen LogP contribution is 2.29. The van der Waals surface area contributed by atoms with Crippen molar-refractivity contribution in [1.82, 2.24) is 4.31 Å². The lowest BCUT2D eigenvalue weighted by Gasteiger charge is -2.33. The maximum Gasteiger partial charge on any atom is 0.243 e. The Balaban J connectivity index is 2.29. The zero-order chi connectivity index (χ0) is 14.2. The quantitative estimate of drug-likeness (QED) is 0.872. The second-order valence-electron chi connectivity index (χ2n) is 4.77. The first-order valence-electron chi connectivity index (χ1n) is 5.95. The first kappa shape index (κ1) is 15.3. The maximum absolute atomic E-state index is 12.5. The summed E-state index contributed by atoms with van der Waals surface area (Å²) in [6.45, 7) is 2.53. The van der Waals surface area contributed by atoms with Crippen LogP contribution < -0.4 is 0 Å². The third kappa shape index (κ3) is 3.13. The van der Waals surface area contributed by atoms with Gasteiger partial charge >= 0.3 is 0 Å². The molecular weight excluding hydrogens is 354 g/mol. The molecule has 0 spiro atoms. The topological polar surface area (TPSA) is 57.6 Å². The summed E-state index contributed by atoms with van der Waals surface area (Å²) in [6, 6.07) is 4.56. The summed E-state index contributed by atoms with van der Waals surface area (Å²) < 4.78 is 26.9. The van der Waals surface area contributed by atoms with Gasteiger partial charge in [-0.25, -0.2) is 8.42 Å². The Bertz CT molecular complexity index is 578. The summed E-state index contributed by atoms with van der Waals surface area (Å²) in [7, 11) is -3.52. The van der Waals surface area contributed by atoms with Crippen molar-refractivity contribution < 1.29 is 13.5 Å². The van der Waals surface area contributed by atoms with E-state index in [2.05, 4.69) is 15.9 Å². The van der Waals surface area contributed by atoms with E-state index in [0.29, 0.717) is 29.0 Å². The molecule has 19 heavy (non-hydrogen) atoms. The van der Waals surface area contributed by atoms with E-state index in [1.807, 2.05) is 6.92 Å². The van der Waals surface area contributed by atoms with Crippen molar-refractivity contribution in [1.29, 1.82) is 0 Å². The Morgan fingerprint density at radius 1 is 1.47 bits per heavy atom. The molecule has 2 atom stereocenters. The summed E-state index contributed by atoms with van der Waals surface area (Å²) in [6.07, 6.45) is 0.0400. The van der Waals surface area contributed by atoms with E-state index in [9.17, 15) is 13.5 Å². The van der Waals surface area contributed by atoms with Gasteiger partial charge < -0.3 is 5.11 Å². The summed E-state index contributed by atoms with van der Waals surface area (Å²) in [5.41, 5.74) is 0. The lowest BCUT2D eigenvalue weighted by atomic mass is 9.99. The minimum Gasteiger partial charge on any atom is -0.393 e. The van der Waals surface area contributed by atoms with Crippen molar-refractivity contribution in [2.75, 3.05) is 13.1 Å². The monoisotopic (exact) mass is 367 g/mol. The van der Waals surface area contributed by atoms with Crippen LogP contribution >= 0.6 is 27.5 Å². The number of aliphatic hydroxyl groups excluding tert-OH is 1. The zero-order valence-corrected chi connectivity index (χ0v) is 13.5. The van der Waals surface area contributed by atoms with Gasteiger partial charge in [-0.2, -0.15) is 4.31 Å². The molecule has 1 heterocycles. The molecule has 1 aliphatic rings. The average molecular weight is 369 g/mol. The van der Waals surface area contributed by atoms with E-state index in [1.165, 1.54) is 16.4 Å². The van der Waals surface area contributed by atoms with Crippen LogP contribution in [0, 0.1) is 5.92 Å². The van der Waals surface area contributed by atoms with Crippen LogP contribution in [0.1, 0.15) is 13.3 Å². The number of aliphatic hydroxyl groups is 1. The third-order valence-corrected chi connectivity index (χ3v) is 6.43. The average Bonchev–Trinajstić information content (AvgIpc) is 2.35. The molecule has 2 rings (SSSR count). The van der Waals surface area contributed by atoms with Gasteiger partial charge in [-0.3, -0.25) is 0 Å². The molecule has 7 heteroatoms. The highest BCUT2D eigenvalue weighted by molar-refractivity contribution is 9.10. The van der Waals surface area contributed by atoms with Crippen LogP contribution in [-0.2, 0) is 10.0 Å². The SMILES string of the molecule is CC1CN(S(=O)(=O)c2ccc(Cl)c(Br)c2)CCC1O. The standard InChI is InChI=1S/C12H15BrClNO3S/c1-8-7-15(5-4-12(8)16)19(17,18)9-2-3-11(14)10(13)6-9/h2-3,6,8,12,16H,4-5,7H2,1H3. The minimum atomic E-state index is -3.52. The second-order valence-corrected chi connectivity index (χ2v) is 7.97. The number of sulfonamides is 1. The van der Waals surface area contributed by atoms with Crippen molar-refractivity contribution in [3.8, 4) is 0 Å². The Kier molecular flexibility index (Phi) is 4.57. The lowest BCUT2D eigenvalue weighted by Crippen LogP contribution is -2.44. The Labute approximate surface area is 126 Å². The molecule has 1 aliphatic heterocycles. The van der Waals surface area contributed by atoms with Crippen LogP contribution in [0.15, 0.2) is 27.6 Å². The van der Waals surface area contributed by atoms with Gasteiger partial charge in [0.25, 0.3) is 0 Å². The number of halogens is 2. The molecular formula is C12H15BrClNO3S. The fourth-order valence-electron chi connectivity index (χ4n) is 2.10. The smallest absolute Gasteiger partial charge is 0.243 e. The predicted octanol–water partition coefficient (Wildman–Crippen LogP) is 2.49. The third-order valence-electron chi connectivity index (χ3n) is 3.35. The molecule has 1 saturated heterocycles. The molecule has 0 saturated carbocycles. The summed E-state index contributed by atoms with van der Waals surface area (Å²) >= 11 is 9.10. The van der Waals surface area contributed by atoms with Crippen molar-refractivity contribution >= 4 is 37.6 Å². The van der Waals surface area contributed by atoms with Crippen LogP contribution in [0.2, 0.25) is 5.02 Å². The minimum absolute atomic E-state index is 0.0562. The van der Waals surface area contributed by atoms with Crippen molar-refractivity contribution in [3.05, 3.63) is 27.7 Å². The van der Waals surface area contributed by atoms with Crippen LogP contribution in [-0.4, -0.2) is 37.0 Å². The van der Waals surface area contributed by atoms with E-state index < -0.39 is 16.1 Å². The molecule has 1 aromatic carbocycles. The molecule has 0 aliphatic carbocycles. The molecule has 4 nitrogen and oxygen atoms in total. The van der Waals surface area contributed by atoms with E-state index in [-0.39, 0.29) is 10.8 Å². The summed E-state index contributed by atoms with van der Waals surface area (Å²) in [4.78, 5) is 0.215. The molecule has 2 unspecified atom stereocenters. The van der Waals surface area contributed by atoms with Gasteiger partial charge in [0.1, 0.15) is 0 Å². The number of piperidine rings is 1. The molecule has 0 radical (unpaired) electrons. The molecule has 1 N–H and O–H groups in total. The van der Waals surface area contributed by atoms with Gasteiger partial charge in [-0.1, -0.05) is 18.5 Å². The lowest BCUT2D eigenvalue weighted by molar-refractivity contribution is 0.0628. The van der Waals surface area contributed by atoms with Gasteiger partial charge in [-0.05, 0) is 46.5 Å². The molecule has 1 fully saturated rings. The first-order chi connectivity index (χ1) is 8.82. The van der Waals surface area contributed by atoms with E-state index in [0.717, 1.165) is 0 Å². The predicted molar refractivity (Wildman–Crippen MR) is 77.7 cm³/mol. The second kappa shape index (κ2) is 5.69. The number of hydrogen-bond donors (Lipinski definition) is 1. The molecule has 0 aromatic heterocycles. The molecule has 0 amide bonds. The van der Waals surface area contributed by atoms with Crippen LogP contribution in [0.4, 0.5) is 0 Å². The van der Waals surface area contributed by atoms with Gasteiger partial charge in [0.2, 0.25) is 10.0 Å². The largest absolute Gasteiger partial charge is 0.393 e. The van der Waals surface area contributed by atoms with E-state index in [1.54, 1.807) is 6.07 Å².